The van der Waals surface area contributed by atoms with Gasteiger partial charge in [0.25, 0.3) is 0 Å². The van der Waals surface area contributed by atoms with Gasteiger partial charge in [-0.25, -0.2) is 9.59 Å². The molecule has 0 fully saturated rings. The lowest BCUT2D eigenvalue weighted by Gasteiger charge is -2.37. The van der Waals surface area contributed by atoms with Crippen molar-refractivity contribution < 1.29 is 74.9 Å². The summed E-state index contributed by atoms with van der Waals surface area (Å²) in [7, 11) is 0.971. The molecule has 50 heavy (non-hydrogen) atoms. The maximum atomic E-state index is 12.5. The van der Waals surface area contributed by atoms with E-state index in [1.54, 1.807) is 0 Å². The standard InChI is InChI=1S/C19H40O9Si3.C12H18O7/c1-23-16(20)14-19(18(22)25-3,15-17(21)24-2)26-12-11-13-30(7,8)28-31(9,10)27-29(4,5)6;1-5-6-19-12(11(15)18-4,7-9(13)16-2)8-10(14)17-3/h11-15H2,1-10H3;5H,1,6-8H2,2-4H3. The van der Waals surface area contributed by atoms with Crippen LogP contribution in [0.15, 0.2) is 12.7 Å². The second-order valence-corrected chi connectivity index (χ2v) is 25.7. The lowest BCUT2D eigenvalue weighted by molar-refractivity contribution is -0.182. The Kier molecular flexibility index (Phi) is 22.4. The Morgan fingerprint density at radius 3 is 1.22 bits per heavy atom. The van der Waals surface area contributed by atoms with Crippen LogP contribution in [0, 0.1) is 0 Å². The van der Waals surface area contributed by atoms with Crippen LogP contribution in [0.1, 0.15) is 32.1 Å². The highest BCUT2D eigenvalue weighted by atomic mass is 28.5. The third kappa shape index (κ3) is 19.4. The van der Waals surface area contributed by atoms with E-state index in [9.17, 15) is 28.8 Å². The maximum absolute atomic E-state index is 12.5. The summed E-state index contributed by atoms with van der Waals surface area (Å²) in [5.74, 6) is -4.48. The topological polar surface area (TPSA) is 195 Å². The minimum Gasteiger partial charge on any atom is -0.469 e. The zero-order chi connectivity index (χ0) is 39.4. The second kappa shape index (κ2) is 22.8. The quantitative estimate of drug-likeness (QED) is 0.0510. The van der Waals surface area contributed by atoms with Crippen molar-refractivity contribution in [1.82, 2.24) is 0 Å². The van der Waals surface area contributed by atoms with Crippen molar-refractivity contribution in [3.8, 4) is 0 Å². The average Bonchev–Trinajstić information content (AvgIpc) is 3.02. The zero-order valence-electron chi connectivity index (χ0n) is 32.0. The van der Waals surface area contributed by atoms with Crippen molar-refractivity contribution in [3.63, 3.8) is 0 Å². The molecule has 0 saturated heterocycles. The van der Waals surface area contributed by atoms with Crippen LogP contribution in [0.5, 0.6) is 0 Å². The molecule has 0 aliphatic carbocycles. The fourth-order valence-electron chi connectivity index (χ4n) is 4.79. The fourth-order valence-corrected chi connectivity index (χ4v) is 18.0. The Hall–Kier alpha value is -2.95. The molecule has 0 N–H and O–H groups in total. The first-order valence-electron chi connectivity index (χ1n) is 15.7. The first kappa shape index (κ1) is 49.2. The van der Waals surface area contributed by atoms with Crippen molar-refractivity contribution in [1.29, 1.82) is 0 Å². The van der Waals surface area contributed by atoms with Crippen molar-refractivity contribution in [2.45, 2.75) is 95.2 Å². The van der Waals surface area contributed by atoms with E-state index >= 15 is 0 Å². The number of esters is 6. The van der Waals surface area contributed by atoms with Gasteiger partial charge in [0.2, 0.25) is 0 Å². The molecule has 16 nitrogen and oxygen atoms in total. The Morgan fingerprint density at radius 2 is 0.920 bits per heavy atom. The van der Waals surface area contributed by atoms with Gasteiger partial charge in [0.1, 0.15) is 0 Å². The molecule has 0 unspecified atom stereocenters. The minimum atomic E-state index is -2.26. The molecule has 19 heteroatoms. The van der Waals surface area contributed by atoms with Crippen LogP contribution < -0.4 is 0 Å². The van der Waals surface area contributed by atoms with E-state index in [4.69, 9.17) is 22.4 Å². The Bertz CT molecular complexity index is 1100. The number of carbonyl (C=O) groups is 6. The first-order chi connectivity index (χ1) is 23.0. The van der Waals surface area contributed by atoms with E-state index in [1.807, 2.05) is 0 Å². The van der Waals surface area contributed by atoms with Crippen LogP contribution in [0.4, 0.5) is 0 Å². The number of hydrogen-bond donors (Lipinski definition) is 0. The molecule has 290 valence electrons. The number of ether oxygens (including phenoxy) is 8. The van der Waals surface area contributed by atoms with Gasteiger partial charge in [0.15, 0.2) is 27.8 Å². The molecule has 0 heterocycles. The van der Waals surface area contributed by atoms with Gasteiger partial charge >= 0.3 is 44.4 Å². The van der Waals surface area contributed by atoms with Crippen molar-refractivity contribution in [2.75, 3.05) is 55.9 Å². The highest BCUT2D eigenvalue weighted by Gasteiger charge is 2.47. The first-order valence-corrected chi connectivity index (χ1v) is 25.0. The molecule has 0 spiro atoms. The molecule has 0 aliphatic heterocycles. The van der Waals surface area contributed by atoms with Gasteiger partial charge in [-0.05, 0) is 58.3 Å². The van der Waals surface area contributed by atoms with Gasteiger partial charge in [0, 0.05) is 6.61 Å². The van der Waals surface area contributed by atoms with Gasteiger partial charge < -0.3 is 46.1 Å². The number of hydrogen-bond acceptors (Lipinski definition) is 16. The number of rotatable bonds is 22. The molecule has 0 amide bonds. The van der Waals surface area contributed by atoms with Gasteiger partial charge in [-0.3, -0.25) is 19.2 Å². The summed E-state index contributed by atoms with van der Waals surface area (Å²) >= 11 is 0. The van der Waals surface area contributed by atoms with Gasteiger partial charge in [-0.15, -0.1) is 6.58 Å². The van der Waals surface area contributed by atoms with Crippen LogP contribution in [0.25, 0.3) is 0 Å². The molecular formula is C31H58O16Si3. The molecule has 0 atom stereocenters. The molecule has 0 aliphatic rings. The Balaban J connectivity index is 0. The van der Waals surface area contributed by atoms with Gasteiger partial charge in [-0.2, -0.15) is 0 Å². The van der Waals surface area contributed by atoms with Crippen LogP contribution in [0.3, 0.4) is 0 Å². The van der Waals surface area contributed by atoms with Crippen LogP contribution >= 0.6 is 0 Å². The Morgan fingerprint density at radius 1 is 0.560 bits per heavy atom. The summed E-state index contributed by atoms with van der Waals surface area (Å²) in [4.78, 5) is 70.9. The van der Waals surface area contributed by atoms with E-state index in [1.165, 1.54) is 27.4 Å². The third-order valence-corrected chi connectivity index (χ3v) is 16.7. The summed E-state index contributed by atoms with van der Waals surface area (Å²) in [6.45, 7) is 18.3. The highest BCUT2D eigenvalue weighted by Crippen LogP contribution is 2.28. The largest absolute Gasteiger partial charge is 0.469 e. The third-order valence-electron chi connectivity index (χ3n) is 6.60. The SMILES string of the molecule is C=CCOC(CC(=O)OC)(CC(=O)OC)C(=O)OC.COC(=O)CC(CC(=O)OC)(OCCC[Si](C)(C)O[Si](C)(C)O[Si](C)(C)C)C(=O)OC. The van der Waals surface area contributed by atoms with Crippen molar-refractivity contribution in [3.05, 3.63) is 12.7 Å². The van der Waals surface area contributed by atoms with E-state index in [0.717, 1.165) is 27.4 Å². The lowest BCUT2D eigenvalue weighted by Crippen LogP contribution is -2.51. The highest BCUT2D eigenvalue weighted by molar-refractivity contribution is 6.87. The molecule has 0 radical (unpaired) electrons. The van der Waals surface area contributed by atoms with Crippen LogP contribution in [0.2, 0.25) is 51.9 Å². The van der Waals surface area contributed by atoms with E-state index in [2.05, 4.69) is 76.1 Å². The number of methoxy groups -OCH3 is 6. The molecule has 0 rings (SSSR count). The van der Waals surface area contributed by atoms with E-state index in [0.29, 0.717) is 6.42 Å². The minimum absolute atomic E-state index is 0.0386. The van der Waals surface area contributed by atoms with Crippen molar-refractivity contribution >= 4 is 61.0 Å². The van der Waals surface area contributed by atoms with E-state index < -0.39 is 97.9 Å². The summed E-state index contributed by atoms with van der Waals surface area (Å²) < 4.78 is 51.6. The Labute approximate surface area is 299 Å². The monoisotopic (exact) mass is 770 g/mol. The molecule has 0 bridgehead atoms. The average molecular weight is 771 g/mol. The molecule has 0 saturated carbocycles. The zero-order valence-corrected chi connectivity index (χ0v) is 35.0. The van der Waals surface area contributed by atoms with Gasteiger partial charge in [-0.1, -0.05) is 6.08 Å². The number of carbonyl (C=O) groups excluding carboxylic acids is 6. The molecule has 0 aromatic rings. The summed E-state index contributed by atoms with van der Waals surface area (Å²) in [5.41, 5.74) is -3.57. The fraction of sp³-hybridized carbons (Fsp3) is 0.742. The molecular weight excluding hydrogens is 713 g/mol. The smallest absolute Gasteiger partial charge is 0.339 e. The molecule has 0 aromatic heterocycles. The predicted molar refractivity (Wildman–Crippen MR) is 188 cm³/mol. The van der Waals surface area contributed by atoms with Crippen LogP contribution in [-0.4, -0.2) is 128 Å². The summed E-state index contributed by atoms with van der Waals surface area (Å²) in [5, 5.41) is 0. The molecule has 0 aromatic carbocycles. The summed E-state index contributed by atoms with van der Waals surface area (Å²) in [6.07, 6.45) is 0.140. The lowest BCUT2D eigenvalue weighted by atomic mass is 9.95. The van der Waals surface area contributed by atoms with Crippen LogP contribution in [-0.2, 0) is 74.9 Å². The van der Waals surface area contributed by atoms with Crippen molar-refractivity contribution in [2.24, 2.45) is 0 Å². The predicted octanol–water partition coefficient (Wildman–Crippen LogP) is 3.43. The maximum Gasteiger partial charge on any atom is 0.339 e. The normalized spacial score (nSPS) is 12.0. The van der Waals surface area contributed by atoms with E-state index in [-0.39, 0.29) is 13.2 Å². The summed E-state index contributed by atoms with van der Waals surface area (Å²) in [6, 6.07) is 0.756. The second-order valence-electron chi connectivity index (χ2n) is 13.0. The van der Waals surface area contributed by atoms with Gasteiger partial charge in [0.05, 0.1) is 74.9 Å².